The standard InChI is InChI=1S/C17H25N3O8S3/c1-5-18-13-7-16(29-17-12(13)6-10(2)30(17,24)25)31(26,27)19-14(22)8-20(4)15(23)9-28-11(3)21/h7,10,13,18H,5-6,8-9H2,1-4H3,(H,19,22)/t10-,13-/m0/s1. The van der Waals surface area contributed by atoms with E-state index in [9.17, 15) is 31.2 Å². The third-order valence-corrected chi connectivity index (χ3v) is 10.4. The smallest absolute Gasteiger partial charge is 0.303 e. The highest BCUT2D eigenvalue weighted by molar-refractivity contribution is 8.28. The fraction of sp³-hybridized carbons (Fsp3) is 0.588. The van der Waals surface area contributed by atoms with Crippen molar-refractivity contribution >= 4 is 49.4 Å². The summed E-state index contributed by atoms with van der Waals surface area (Å²) in [5.41, 5.74) is 0.612. The van der Waals surface area contributed by atoms with Gasteiger partial charge in [-0.25, -0.2) is 21.6 Å². The first-order valence-corrected chi connectivity index (χ1v) is 13.2. The fourth-order valence-corrected chi connectivity index (χ4v) is 8.01. The number of esters is 1. The van der Waals surface area contributed by atoms with Crippen molar-refractivity contribution in [1.82, 2.24) is 14.9 Å². The van der Waals surface area contributed by atoms with E-state index in [1.165, 1.54) is 13.1 Å². The number of carbonyl (C=O) groups is 3. The van der Waals surface area contributed by atoms with Crippen molar-refractivity contribution in [3.05, 3.63) is 20.1 Å². The molecule has 174 valence electrons. The monoisotopic (exact) mass is 495 g/mol. The van der Waals surface area contributed by atoms with Crippen LogP contribution in [0.25, 0.3) is 0 Å². The first kappa shape index (κ1) is 25.4. The van der Waals surface area contributed by atoms with Crippen LogP contribution in [-0.2, 0) is 39.0 Å². The highest BCUT2D eigenvalue weighted by atomic mass is 32.3. The van der Waals surface area contributed by atoms with Gasteiger partial charge < -0.3 is 15.0 Å². The van der Waals surface area contributed by atoms with Crippen LogP contribution in [0.15, 0.2) is 20.1 Å². The molecule has 2 heterocycles. The minimum absolute atomic E-state index is 0.00467. The van der Waals surface area contributed by atoms with Gasteiger partial charge in [-0.15, -0.1) is 0 Å². The van der Waals surface area contributed by atoms with Gasteiger partial charge >= 0.3 is 5.97 Å². The third-order valence-electron chi connectivity index (χ3n) is 4.57. The molecule has 0 saturated heterocycles. The SMILES string of the molecule is CCN[C@H]1C=C(S(=O)(=O)NC(=O)CN(C)C(=O)COC(C)=O)SC2=C1C[C@H](C)S2(=O)=O. The van der Waals surface area contributed by atoms with E-state index >= 15 is 0 Å². The summed E-state index contributed by atoms with van der Waals surface area (Å²) in [5, 5.41) is 2.40. The molecule has 2 amide bonds. The molecule has 0 saturated carbocycles. The Morgan fingerprint density at radius 3 is 2.55 bits per heavy atom. The predicted molar refractivity (Wildman–Crippen MR) is 114 cm³/mol. The molecule has 2 aliphatic heterocycles. The number of hydrogen-bond acceptors (Lipinski definition) is 10. The number of amides is 2. The second-order valence-corrected chi connectivity index (χ2v) is 12.6. The molecule has 0 fully saturated rings. The molecule has 0 spiro atoms. The van der Waals surface area contributed by atoms with Crippen molar-refractivity contribution in [2.45, 2.75) is 38.5 Å². The molecule has 0 radical (unpaired) electrons. The number of hydrogen-bond donors (Lipinski definition) is 2. The summed E-state index contributed by atoms with van der Waals surface area (Å²) < 4.78 is 56.8. The maximum atomic E-state index is 12.8. The molecule has 14 heteroatoms. The molecule has 0 aliphatic carbocycles. The largest absolute Gasteiger partial charge is 0.456 e. The van der Waals surface area contributed by atoms with Crippen molar-refractivity contribution in [2.24, 2.45) is 0 Å². The van der Waals surface area contributed by atoms with Crippen LogP contribution in [0.5, 0.6) is 0 Å². The van der Waals surface area contributed by atoms with Crippen LogP contribution < -0.4 is 10.0 Å². The van der Waals surface area contributed by atoms with Crippen LogP contribution in [0, 0.1) is 0 Å². The molecule has 11 nitrogen and oxygen atoms in total. The normalized spacial score (nSPS) is 22.4. The van der Waals surface area contributed by atoms with Crippen LogP contribution in [0.3, 0.4) is 0 Å². The molecule has 0 aromatic carbocycles. The van der Waals surface area contributed by atoms with E-state index in [0.29, 0.717) is 30.3 Å². The number of ether oxygens (including phenoxy) is 1. The van der Waals surface area contributed by atoms with Gasteiger partial charge in [-0.1, -0.05) is 18.7 Å². The van der Waals surface area contributed by atoms with Gasteiger partial charge in [0.2, 0.25) is 0 Å². The van der Waals surface area contributed by atoms with E-state index in [1.54, 1.807) is 13.8 Å². The summed E-state index contributed by atoms with van der Waals surface area (Å²) in [4.78, 5) is 35.7. The van der Waals surface area contributed by atoms with Gasteiger partial charge in [-0.2, -0.15) is 0 Å². The van der Waals surface area contributed by atoms with E-state index in [-0.39, 0.29) is 8.47 Å². The van der Waals surface area contributed by atoms with Gasteiger partial charge in [0, 0.05) is 14.0 Å². The van der Waals surface area contributed by atoms with Crippen LogP contribution in [0.2, 0.25) is 0 Å². The lowest BCUT2D eigenvalue weighted by Crippen LogP contribution is -2.42. The quantitative estimate of drug-likeness (QED) is 0.418. The Labute approximate surface area is 185 Å². The van der Waals surface area contributed by atoms with Gasteiger partial charge in [-0.3, -0.25) is 14.4 Å². The van der Waals surface area contributed by atoms with Gasteiger partial charge in [0.25, 0.3) is 21.8 Å². The first-order chi connectivity index (χ1) is 14.3. The Balaban J connectivity index is 2.14. The number of carbonyl (C=O) groups excluding carboxylic acids is 3. The Hall–Kier alpha value is -1.90. The predicted octanol–water partition coefficient (Wildman–Crippen LogP) is -0.561. The zero-order chi connectivity index (χ0) is 23.6. The minimum atomic E-state index is -4.37. The van der Waals surface area contributed by atoms with Crippen molar-refractivity contribution in [3.63, 3.8) is 0 Å². The Morgan fingerprint density at radius 1 is 1.32 bits per heavy atom. The zero-order valence-corrected chi connectivity index (χ0v) is 19.9. The molecule has 0 unspecified atom stereocenters. The molecule has 31 heavy (non-hydrogen) atoms. The van der Waals surface area contributed by atoms with Crippen LogP contribution in [-0.4, -0.2) is 77.6 Å². The van der Waals surface area contributed by atoms with E-state index in [2.05, 4.69) is 10.1 Å². The van der Waals surface area contributed by atoms with E-state index in [1.807, 2.05) is 4.72 Å². The lowest BCUT2D eigenvalue weighted by atomic mass is 10.0. The number of sulfone groups is 1. The van der Waals surface area contributed by atoms with Crippen molar-refractivity contribution in [1.29, 1.82) is 0 Å². The summed E-state index contributed by atoms with van der Waals surface area (Å²) in [6.07, 6.45) is 1.68. The average Bonchev–Trinajstić information content (AvgIpc) is 2.88. The molecule has 2 aliphatic rings. The molecule has 0 bridgehead atoms. The number of rotatable bonds is 8. The molecule has 2 atom stereocenters. The lowest BCUT2D eigenvalue weighted by molar-refractivity contribution is -0.150. The topological polar surface area (TPSA) is 156 Å². The maximum absolute atomic E-state index is 12.8. The number of nitrogens with zero attached hydrogens (tertiary/aromatic N) is 1. The van der Waals surface area contributed by atoms with Crippen molar-refractivity contribution in [3.8, 4) is 0 Å². The molecule has 2 rings (SSSR count). The van der Waals surface area contributed by atoms with Gasteiger partial charge in [0.15, 0.2) is 16.4 Å². The summed E-state index contributed by atoms with van der Waals surface area (Å²) in [5.74, 6) is -2.36. The zero-order valence-electron chi connectivity index (χ0n) is 17.5. The molecule has 0 aromatic rings. The van der Waals surface area contributed by atoms with Gasteiger partial charge in [0.05, 0.1) is 11.3 Å². The first-order valence-electron chi connectivity index (χ1n) is 9.32. The molecular formula is C17H25N3O8S3. The van der Waals surface area contributed by atoms with Crippen LogP contribution >= 0.6 is 11.8 Å². The number of sulfonamides is 1. The van der Waals surface area contributed by atoms with E-state index in [4.69, 9.17) is 0 Å². The maximum Gasteiger partial charge on any atom is 0.303 e. The summed E-state index contributed by atoms with van der Waals surface area (Å²) in [7, 11) is -6.78. The molecular weight excluding hydrogens is 470 g/mol. The highest BCUT2D eigenvalue weighted by Crippen LogP contribution is 2.47. The fourth-order valence-electron chi connectivity index (χ4n) is 2.96. The Kier molecular flexibility index (Phi) is 7.94. The second-order valence-electron chi connectivity index (χ2n) is 7.05. The van der Waals surface area contributed by atoms with E-state index < -0.39 is 62.1 Å². The number of likely N-dealkylation sites (N-methyl/N-ethyl adjacent to an activating group) is 2. The summed E-state index contributed by atoms with van der Waals surface area (Å²) in [6, 6.07) is -0.587. The molecule has 2 N–H and O–H groups in total. The van der Waals surface area contributed by atoms with Crippen LogP contribution in [0.1, 0.15) is 27.2 Å². The average molecular weight is 496 g/mol. The van der Waals surface area contributed by atoms with E-state index in [0.717, 1.165) is 11.8 Å². The van der Waals surface area contributed by atoms with Gasteiger partial charge in [-0.05, 0) is 31.5 Å². The molecule has 0 aromatic heterocycles. The summed E-state index contributed by atoms with van der Waals surface area (Å²) in [6.45, 7) is 3.79. The minimum Gasteiger partial charge on any atom is -0.456 e. The number of nitrogens with one attached hydrogen (secondary N) is 2. The van der Waals surface area contributed by atoms with Crippen molar-refractivity contribution < 1.29 is 36.0 Å². The highest BCUT2D eigenvalue weighted by Gasteiger charge is 2.43. The third kappa shape index (κ3) is 5.87. The lowest BCUT2D eigenvalue weighted by Gasteiger charge is -2.23. The van der Waals surface area contributed by atoms with Crippen molar-refractivity contribution in [2.75, 3.05) is 26.7 Å². The second kappa shape index (κ2) is 9.71. The summed E-state index contributed by atoms with van der Waals surface area (Å²) >= 11 is 0.600. The number of thioether (sulfide) groups is 1. The van der Waals surface area contributed by atoms with Crippen LogP contribution in [0.4, 0.5) is 0 Å². The van der Waals surface area contributed by atoms with Gasteiger partial charge in [0.1, 0.15) is 15.0 Å². The Bertz CT molecular complexity index is 1050. The Morgan fingerprint density at radius 2 is 1.97 bits per heavy atom.